The second kappa shape index (κ2) is 6.87. The third-order valence-electron chi connectivity index (χ3n) is 2.20. The molecule has 4 nitrogen and oxygen atoms in total. The molecule has 0 aliphatic rings. The average Bonchev–Trinajstić information content (AvgIpc) is 2.31. The maximum absolute atomic E-state index is 12.9. The van der Waals surface area contributed by atoms with Gasteiger partial charge in [-0.05, 0) is 29.5 Å². The predicted molar refractivity (Wildman–Crippen MR) is 69.0 cm³/mol. The second-order valence-corrected chi connectivity index (χ2v) is 4.95. The van der Waals surface area contributed by atoms with E-state index in [1.165, 1.54) is 29.5 Å². The Balaban J connectivity index is 3.42. The molecule has 0 saturated carbocycles. The van der Waals surface area contributed by atoms with Crippen molar-refractivity contribution in [3.8, 4) is 5.75 Å². The number of ether oxygens (including phenoxy) is 2. The van der Waals surface area contributed by atoms with Crippen LogP contribution in [0.1, 0.15) is 18.2 Å². The van der Waals surface area contributed by atoms with Crippen molar-refractivity contribution in [2.24, 2.45) is 0 Å². The predicted octanol–water partition coefficient (Wildman–Crippen LogP) is 3.71. The Morgan fingerprint density at radius 1 is 1.27 bits per heavy atom. The largest absolute Gasteiger partial charge is 0.573 e. The Morgan fingerprint density at radius 2 is 1.86 bits per heavy atom. The number of hydrogen-bond acceptors (Lipinski definition) is 4. The molecule has 0 fully saturated rings. The van der Waals surface area contributed by atoms with E-state index in [0.717, 1.165) is 0 Å². The van der Waals surface area contributed by atoms with Gasteiger partial charge < -0.3 is 9.47 Å². The highest BCUT2D eigenvalue weighted by molar-refractivity contribution is 14.1. The van der Waals surface area contributed by atoms with Crippen molar-refractivity contribution in [1.82, 2.24) is 4.98 Å². The van der Waals surface area contributed by atoms with Crippen LogP contribution in [0.2, 0.25) is 0 Å². The standard InChI is InChI=1S/C11H8F6INO3/c1-2-21-7(20)3-5-8(22-11(15,16)17)6(18)4-19-9(5)10(12,13)14/h4H,2-3H2,1H3. The quantitative estimate of drug-likeness (QED) is 0.405. The van der Waals surface area contributed by atoms with E-state index in [9.17, 15) is 31.1 Å². The van der Waals surface area contributed by atoms with Crippen LogP contribution in [-0.4, -0.2) is 23.9 Å². The fraction of sp³-hybridized carbons (Fsp3) is 0.455. The first kappa shape index (κ1) is 18.8. The van der Waals surface area contributed by atoms with Crippen LogP contribution in [0.15, 0.2) is 6.20 Å². The lowest BCUT2D eigenvalue weighted by Crippen LogP contribution is -2.23. The van der Waals surface area contributed by atoms with Crippen molar-refractivity contribution < 1.29 is 40.6 Å². The number of carbonyl (C=O) groups excluding carboxylic acids is 1. The molecule has 1 aromatic heterocycles. The van der Waals surface area contributed by atoms with Gasteiger partial charge in [-0.15, -0.1) is 13.2 Å². The van der Waals surface area contributed by atoms with E-state index in [2.05, 4.69) is 14.5 Å². The number of carbonyl (C=O) groups is 1. The maximum atomic E-state index is 12.9. The third kappa shape index (κ3) is 5.18. The summed E-state index contributed by atoms with van der Waals surface area (Å²) in [7, 11) is 0. The lowest BCUT2D eigenvalue weighted by atomic mass is 10.1. The van der Waals surface area contributed by atoms with E-state index in [1.54, 1.807) is 0 Å². The molecule has 1 heterocycles. The highest BCUT2D eigenvalue weighted by Gasteiger charge is 2.41. The molecule has 0 aliphatic heterocycles. The fourth-order valence-electron chi connectivity index (χ4n) is 1.50. The minimum absolute atomic E-state index is 0.132. The van der Waals surface area contributed by atoms with Crippen LogP contribution in [0.5, 0.6) is 5.75 Å². The van der Waals surface area contributed by atoms with Crippen molar-refractivity contribution >= 4 is 28.6 Å². The second-order valence-electron chi connectivity index (χ2n) is 3.79. The molecule has 0 aliphatic carbocycles. The van der Waals surface area contributed by atoms with Crippen LogP contribution in [0.25, 0.3) is 0 Å². The molecule has 0 unspecified atom stereocenters. The zero-order chi connectivity index (χ0) is 17.1. The van der Waals surface area contributed by atoms with Gasteiger partial charge in [0.05, 0.1) is 16.6 Å². The molecule has 1 rings (SSSR count). The van der Waals surface area contributed by atoms with Gasteiger partial charge >= 0.3 is 18.5 Å². The summed E-state index contributed by atoms with van der Waals surface area (Å²) in [6, 6.07) is 0. The monoisotopic (exact) mass is 443 g/mol. The van der Waals surface area contributed by atoms with Crippen molar-refractivity contribution in [3.63, 3.8) is 0 Å². The van der Waals surface area contributed by atoms with Crippen LogP contribution >= 0.6 is 22.6 Å². The molecule has 0 saturated heterocycles. The zero-order valence-corrected chi connectivity index (χ0v) is 13.0. The smallest absolute Gasteiger partial charge is 0.466 e. The molecule has 0 aromatic carbocycles. The van der Waals surface area contributed by atoms with Gasteiger partial charge in [-0.25, -0.2) is 0 Å². The maximum Gasteiger partial charge on any atom is 0.573 e. The van der Waals surface area contributed by atoms with Crippen LogP contribution < -0.4 is 4.74 Å². The Labute approximate surface area is 133 Å². The molecule has 0 spiro atoms. The van der Waals surface area contributed by atoms with Gasteiger partial charge in [-0.3, -0.25) is 9.78 Å². The molecular formula is C11H8F6INO3. The van der Waals surface area contributed by atoms with Crippen LogP contribution in [0.4, 0.5) is 26.3 Å². The Kier molecular flexibility index (Phi) is 5.87. The Morgan fingerprint density at radius 3 is 2.32 bits per heavy atom. The summed E-state index contributed by atoms with van der Waals surface area (Å²) in [5, 5.41) is 0. The van der Waals surface area contributed by atoms with Gasteiger partial charge in [0.25, 0.3) is 0 Å². The molecule has 1 aromatic rings. The minimum atomic E-state index is -5.21. The summed E-state index contributed by atoms with van der Waals surface area (Å²) in [4.78, 5) is 14.4. The van der Waals surface area contributed by atoms with Crippen LogP contribution in [-0.2, 0) is 22.1 Å². The van der Waals surface area contributed by atoms with E-state index in [0.29, 0.717) is 6.20 Å². The lowest BCUT2D eigenvalue weighted by molar-refractivity contribution is -0.275. The van der Waals surface area contributed by atoms with Crippen molar-refractivity contribution in [2.45, 2.75) is 25.9 Å². The SMILES string of the molecule is CCOC(=O)Cc1c(C(F)(F)F)ncc(I)c1OC(F)(F)F. The van der Waals surface area contributed by atoms with E-state index in [4.69, 9.17) is 0 Å². The van der Waals surface area contributed by atoms with E-state index in [-0.39, 0.29) is 10.2 Å². The van der Waals surface area contributed by atoms with E-state index in [1.807, 2.05) is 0 Å². The summed E-state index contributed by atoms with van der Waals surface area (Å²) < 4.78 is 83.5. The Hall–Kier alpha value is -1.27. The third-order valence-corrected chi connectivity index (χ3v) is 2.97. The number of pyridine rings is 1. The van der Waals surface area contributed by atoms with Crippen molar-refractivity contribution in [2.75, 3.05) is 6.61 Å². The molecule has 0 N–H and O–H groups in total. The number of nitrogens with zero attached hydrogens (tertiary/aromatic N) is 1. The first-order valence-electron chi connectivity index (χ1n) is 5.61. The summed E-state index contributed by atoms with van der Waals surface area (Å²) in [5.74, 6) is -2.23. The molecular weight excluding hydrogens is 435 g/mol. The molecule has 124 valence electrons. The lowest BCUT2D eigenvalue weighted by Gasteiger charge is -2.18. The fourth-order valence-corrected chi connectivity index (χ4v) is 2.08. The minimum Gasteiger partial charge on any atom is -0.466 e. The van der Waals surface area contributed by atoms with Crippen LogP contribution in [0, 0.1) is 3.57 Å². The number of esters is 1. The van der Waals surface area contributed by atoms with Gasteiger partial charge in [0, 0.05) is 11.8 Å². The summed E-state index contributed by atoms with van der Waals surface area (Å²) in [6.07, 6.45) is -10.7. The molecule has 22 heavy (non-hydrogen) atoms. The number of rotatable bonds is 4. The van der Waals surface area contributed by atoms with Gasteiger partial charge in [-0.2, -0.15) is 13.2 Å². The highest BCUT2D eigenvalue weighted by Crippen LogP contribution is 2.39. The van der Waals surface area contributed by atoms with Crippen molar-refractivity contribution in [3.05, 3.63) is 21.0 Å². The topological polar surface area (TPSA) is 48.4 Å². The first-order chi connectivity index (χ1) is 9.95. The molecule has 11 heteroatoms. The molecule has 0 bridgehead atoms. The van der Waals surface area contributed by atoms with Gasteiger partial charge in [0.15, 0.2) is 5.69 Å². The Bertz CT molecular complexity index is 558. The zero-order valence-electron chi connectivity index (χ0n) is 10.8. The normalized spacial score (nSPS) is 12.2. The summed E-state index contributed by atoms with van der Waals surface area (Å²) >= 11 is 1.33. The highest BCUT2D eigenvalue weighted by atomic mass is 127. The average molecular weight is 443 g/mol. The number of halogens is 7. The summed E-state index contributed by atoms with van der Waals surface area (Å²) in [6.45, 7) is 1.27. The molecule has 0 amide bonds. The first-order valence-corrected chi connectivity index (χ1v) is 6.69. The summed E-state index contributed by atoms with van der Waals surface area (Å²) in [5.41, 5.74) is -2.64. The molecule has 0 radical (unpaired) electrons. The van der Waals surface area contributed by atoms with E-state index >= 15 is 0 Å². The van der Waals surface area contributed by atoms with Crippen molar-refractivity contribution in [1.29, 1.82) is 0 Å². The van der Waals surface area contributed by atoms with E-state index < -0.39 is 41.9 Å². The van der Waals surface area contributed by atoms with Gasteiger partial charge in [0.1, 0.15) is 5.75 Å². The number of aromatic nitrogens is 1. The van der Waals surface area contributed by atoms with Gasteiger partial charge in [-0.1, -0.05) is 0 Å². The van der Waals surface area contributed by atoms with Gasteiger partial charge in [0.2, 0.25) is 0 Å². The number of hydrogen-bond donors (Lipinski definition) is 0. The number of alkyl halides is 6. The molecule has 0 atom stereocenters. The van der Waals surface area contributed by atoms with Crippen LogP contribution in [0.3, 0.4) is 0 Å².